The highest BCUT2D eigenvalue weighted by atomic mass is 16.6. The van der Waals surface area contributed by atoms with Crippen LogP contribution >= 0.6 is 0 Å². The van der Waals surface area contributed by atoms with Crippen LogP contribution in [0, 0.1) is 10.1 Å². The molecule has 3 aromatic rings. The number of hydrogen-bond acceptors (Lipinski definition) is 7. The molecule has 1 heterocycles. The lowest BCUT2D eigenvalue weighted by Crippen LogP contribution is -2.26. The van der Waals surface area contributed by atoms with Crippen LogP contribution in [-0.4, -0.2) is 30.0 Å². The number of ether oxygens (including phenoxy) is 3. The van der Waals surface area contributed by atoms with Crippen molar-refractivity contribution in [2.24, 2.45) is 0 Å². The molecule has 1 aliphatic heterocycles. The molecule has 9 heteroatoms. The molecule has 0 saturated carbocycles. The van der Waals surface area contributed by atoms with Gasteiger partial charge in [0.25, 0.3) is 11.6 Å². The second kappa shape index (κ2) is 9.39. The third kappa shape index (κ3) is 4.62. The Bertz CT molecular complexity index is 1180. The van der Waals surface area contributed by atoms with E-state index in [0.29, 0.717) is 35.0 Å². The zero-order chi connectivity index (χ0) is 23.4. The monoisotopic (exact) mass is 448 g/mol. The van der Waals surface area contributed by atoms with Crippen LogP contribution in [0.4, 0.5) is 11.4 Å². The van der Waals surface area contributed by atoms with Gasteiger partial charge < -0.3 is 19.5 Å². The average molecular weight is 448 g/mol. The van der Waals surface area contributed by atoms with Gasteiger partial charge in [0.1, 0.15) is 28.9 Å². The van der Waals surface area contributed by atoms with E-state index in [1.54, 1.807) is 55.5 Å². The zero-order valence-electron chi connectivity index (χ0n) is 17.6. The fourth-order valence-corrected chi connectivity index (χ4v) is 3.59. The van der Waals surface area contributed by atoms with Crippen molar-refractivity contribution in [2.45, 2.75) is 12.8 Å². The fraction of sp³-hybridized carbons (Fsp3) is 0.167. The van der Waals surface area contributed by atoms with Gasteiger partial charge in [-0.1, -0.05) is 36.4 Å². The van der Waals surface area contributed by atoms with Gasteiger partial charge in [-0.25, -0.2) is 0 Å². The third-order valence-corrected chi connectivity index (χ3v) is 5.01. The maximum Gasteiger partial charge on any atom is 0.318 e. The first-order valence-corrected chi connectivity index (χ1v) is 10.2. The van der Waals surface area contributed by atoms with Gasteiger partial charge in [-0.2, -0.15) is 0 Å². The van der Waals surface area contributed by atoms with Gasteiger partial charge in [0.2, 0.25) is 0 Å². The van der Waals surface area contributed by atoms with Crippen molar-refractivity contribution in [1.82, 2.24) is 0 Å². The van der Waals surface area contributed by atoms with Crippen molar-refractivity contribution in [3.63, 3.8) is 0 Å². The second-order valence-electron chi connectivity index (χ2n) is 7.14. The van der Waals surface area contributed by atoms with Crippen LogP contribution in [0.15, 0.2) is 66.7 Å². The van der Waals surface area contributed by atoms with Crippen molar-refractivity contribution in [3.05, 3.63) is 88.0 Å². The highest BCUT2D eigenvalue weighted by Crippen LogP contribution is 2.44. The third-order valence-electron chi connectivity index (χ3n) is 5.01. The van der Waals surface area contributed by atoms with Crippen molar-refractivity contribution < 1.29 is 28.7 Å². The molecular weight excluding hydrogens is 428 g/mol. The van der Waals surface area contributed by atoms with Crippen LogP contribution in [0.5, 0.6) is 17.2 Å². The smallest absolute Gasteiger partial charge is 0.318 e. The average Bonchev–Trinajstić information content (AvgIpc) is 2.82. The Kier molecular flexibility index (Phi) is 6.21. The Morgan fingerprint density at radius 2 is 1.67 bits per heavy atom. The number of esters is 1. The van der Waals surface area contributed by atoms with E-state index in [9.17, 15) is 19.7 Å². The molecule has 0 radical (unpaired) electrons. The summed E-state index contributed by atoms with van der Waals surface area (Å²) in [7, 11) is 0. The van der Waals surface area contributed by atoms with E-state index in [1.165, 1.54) is 18.2 Å². The summed E-state index contributed by atoms with van der Waals surface area (Å²) >= 11 is 0. The topological polar surface area (TPSA) is 117 Å². The van der Waals surface area contributed by atoms with Crippen LogP contribution in [0.2, 0.25) is 0 Å². The number of benzene rings is 3. The minimum atomic E-state index is -0.765. The Morgan fingerprint density at radius 3 is 2.27 bits per heavy atom. The molecule has 4 rings (SSSR count). The van der Waals surface area contributed by atoms with E-state index in [0.717, 1.165) is 0 Å². The predicted octanol–water partition coefficient (Wildman–Crippen LogP) is 4.41. The lowest BCUT2D eigenvalue weighted by atomic mass is 9.88. The maximum atomic E-state index is 13.0. The summed E-state index contributed by atoms with van der Waals surface area (Å²) in [6.07, 6.45) is 0. The molecule has 0 fully saturated rings. The number of carbonyl (C=O) groups is 2. The minimum absolute atomic E-state index is 0.0220. The molecule has 33 heavy (non-hydrogen) atoms. The van der Waals surface area contributed by atoms with Gasteiger partial charge >= 0.3 is 5.97 Å². The first-order valence-electron chi connectivity index (χ1n) is 10.2. The summed E-state index contributed by atoms with van der Waals surface area (Å²) < 4.78 is 16.4. The summed E-state index contributed by atoms with van der Waals surface area (Å²) in [6, 6.07) is 18.3. The molecule has 1 amide bonds. The van der Waals surface area contributed by atoms with Gasteiger partial charge in [-0.15, -0.1) is 0 Å². The van der Waals surface area contributed by atoms with Crippen LogP contribution in [0.3, 0.4) is 0 Å². The van der Waals surface area contributed by atoms with Crippen molar-refractivity contribution in [2.75, 3.05) is 18.5 Å². The number of para-hydroxylation sites is 2. The Hall–Kier alpha value is -4.40. The van der Waals surface area contributed by atoms with Gasteiger partial charge in [0.05, 0.1) is 17.6 Å². The number of nitro groups is 1. The number of amides is 1. The molecular formula is C24H20N2O7. The highest BCUT2D eigenvalue weighted by molar-refractivity contribution is 5.96. The van der Waals surface area contributed by atoms with Crippen LogP contribution < -0.4 is 14.8 Å². The molecule has 0 unspecified atom stereocenters. The highest BCUT2D eigenvalue weighted by Gasteiger charge is 2.34. The number of hydrogen-bond donors (Lipinski definition) is 1. The van der Waals surface area contributed by atoms with E-state index in [4.69, 9.17) is 14.2 Å². The van der Waals surface area contributed by atoms with Crippen molar-refractivity contribution in [1.29, 1.82) is 0 Å². The van der Waals surface area contributed by atoms with Crippen LogP contribution in [0.1, 0.15) is 24.0 Å². The zero-order valence-corrected chi connectivity index (χ0v) is 17.6. The molecule has 0 spiro atoms. The molecule has 9 nitrogen and oxygen atoms in total. The van der Waals surface area contributed by atoms with Gasteiger partial charge in [0, 0.05) is 11.1 Å². The quantitative estimate of drug-likeness (QED) is 0.323. The summed E-state index contributed by atoms with van der Waals surface area (Å²) in [5.41, 5.74) is 0.909. The predicted molar refractivity (Wildman–Crippen MR) is 119 cm³/mol. The number of rotatable bonds is 7. The Morgan fingerprint density at radius 1 is 1.03 bits per heavy atom. The fourth-order valence-electron chi connectivity index (χ4n) is 3.59. The summed E-state index contributed by atoms with van der Waals surface area (Å²) in [6.45, 7) is 1.49. The molecule has 1 N–H and O–H groups in total. The van der Waals surface area contributed by atoms with Crippen LogP contribution in [-0.2, 0) is 14.3 Å². The molecule has 168 valence electrons. The van der Waals surface area contributed by atoms with E-state index in [-0.39, 0.29) is 11.4 Å². The molecule has 0 atom stereocenters. The Labute approximate surface area is 189 Å². The number of nitro benzene ring substituents is 1. The van der Waals surface area contributed by atoms with Crippen molar-refractivity contribution >= 4 is 23.3 Å². The standard InChI is InChI=1S/C24H20N2O7/c1-2-31-15-11-12-18(19(13-15)26(29)30)25-22(27)14-32-24(28)23-16-7-3-5-9-20(16)33-21-10-6-4-8-17(21)23/h3-13,23H,2,14H2,1H3,(H,25,27). The first kappa shape index (κ1) is 21.8. The SMILES string of the molecule is CCOc1ccc(NC(=O)COC(=O)C2c3ccccc3Oc3ccccc32)c([N+](=O)[O-])c1. The summed E-state index contributed by atoms with van der Waals surface area (Å²) in [4.78, 5) is 36.1. The Balaban J connectivity index is 1.48. The lowest BCUT2D eigenvalue weighted by Gasteiger charge is -2.26. The van der Waals surface area contributed by atoms with Crippen molar-refractivity contribution in [3.8, 4) is 17.2 Å². The molecule has 0 aliphatic carbocycles. The maximum absolute atomic E-state index is 13.0. The van der Waals surface area contributed by atoms with E-state index in [2.05, 4.69) is 5.32 Å². The molecule has 1 aliphatic rings. The number of nitrogens with zero attached hydrogens (tertiary/aromatic N) is 1. The minimum Gasteiger partial charge on any atom is -0.494 e. The lowest BCUT2D eigenvalue weighted by molar-refractivity contribution is -0.384. The molecule has 0 bridgehead atoms. The number of fused-ring (bicyclic) bond motifs is 2. The van der Waals surface area contributed by atoms with E-state index < -0.39 is 29.3 Å². The number of nitrogens with one attached hydrogen (secondary N) is 1. The summed E-state index contributed by atoms with van der Waals surface area (Å²) in [5, 5.41) is 13.8. The second-order valence-corrected chi connectivity index (χ2v) is 7.14. The van der Waals surface area contributed by atoms with Gasteiger partial charge in [0.15, 0.2) is 6.61 Å². The van der Waals surface area contributed by atoms with Crippen LogP contribution in [0.25, 0.3) is 0 Å². The largest absolute Gasteiger partial charge is 0.494 e. The van der Waals surface area contributed by atoms with Gasteiger partial charge in [-0.3, -0.25) is 19.7 Å². The molecule has 3 aromatic carbocycles. The number of carbonyl (C=O) groups excluding carboxylic acids is 2. The van der Waals surface area contributed by atoms with Gasteiger partial charge in [-0.05, 0) is 31.2 Å². The molecule has 0 saturated heterocycles. The van der Waals surface area contributed by atoms with E-state index in [1.807, 2.05) is 0 Å². The normalized spacial score (nSPS) is 12.0. The number of anilines is 1. The summed E-state index contributed by atoms with van der Waals surface area (Å²) in [5.74, 6) is -0.719. The van der Waals surface area contributed by atoms with E-state index >= 15 is 0 Å². The first-order chi connectivity index (χ1) is 16.0. The molecule has 0 aromatic heterocycles.